The predicted molar refractivity (Wildman–Crippen MR) is 106 cm³/mol. The molecule has 3 aliphatic heterocycles. The third-order valence-electron chi connectivity index (χ3n) is 6.70. The standard InChI is InChI=1S/C21H29N5O2/c22-20-23-14-16-5-13-28-21(19(16)24-20)6-10-26(11-7-21)17-3-8-25(9-4-17)15-18-2-1-12-27-18/h1-2,12,14,17H,3-11,13,15H2,(H2,22,23,24). The van der Waals surface area contributed by atoms with Gasteiger partial charge in [-0.05, 0) is 49.8 Å². The largest absolute Gasteiger partial charge is 0.468 e. The van der Waals surface area contributed by atoms with Crippen LogP contribution >= 0.6 is 0 Å². The Morgan fingerprint density at radius 3 is 2.75 bits per heavy atom. The Morgan fingerprint density at radius 2 is 2.00 bits per heavy atom. The van der Waals surface area contributed by atoms with E-state index in [1.807, 2.05) is 12.3 Å². The molecule has 2 saturated heterocycles. The summed E-state index contributed by atoms with van der Waals surface area (Å²) in [6.07, 6.45) is 8.96. The maximum atomic E-state index is 6.31. The molecule has 1 spiro atoms. The minimum absolute atomic E-state index is 0.263. The molecule has 0 unspecified atom stereocenters. The molecule has 2 aromatic rings. The van der Waals surface area contributed by atoms with Gasteiger partial charge in [-0.3, -0.25) is 4.90 Å². The number of rotatable bonds is 3. The Morgan fingerprint density at radius 1 is 1.18 bits per heavy atom. The number of furan rings is 1. The van der Waals surface area contributed by atoms with Crippen LogP contribution in [-0.2, 0) is 23.3 Å². The molecule has 0 radical (unpaired) electrons. The average molecular weight is 383 g/mol. The van der Waals surface area contributed by atoms with Crippen LogP contribution in [0.3, 0.4) is 0 Å². The fourth-order valence-corrected chi connectivity index (χ4v) is 5.12. The van der Waals surface area contributed by atoms with Crippen LogP contribution in [0.5, 0.6) is 0 Å². The maximum absolute atomic E-state index is 6.31. The molecular formula is C21H29N5O2. The number of hydrogen-bond acceptors (Lipinski definition) is 7. The second kappa shape index (κ2) is 7.46. The topological polar surface area (TPSA) is 80.7 Å². The molecular weight excluding hydrogens is 354 g/mol. The maximum Gasteiger partial charge on any atom is 0.220 e. The number of piperidine rings is 2. The van der Waals surface area contributed by atoms with Crippen LogP contribution < -0.4 is 5.73 Å². The van der Waals surface area contributed by atoms with E-state index >= 15 is 0 Å². The van der Waals surface area contributed by atoms with Gasteiger partial charge in [-0.2, -0.15) is 0 Å². The van der Waals surface area contributed by atoms with E-state index in [1.54, 1.807) is 6.26 Å². The molecule has 0 aromatic carbocycles. The van der Waals surface area contributed by atoms with Crippen molar-refractivity contribution < 1.29 is 9.15 Å². The van der Waals surface area contributed by atoms with E-state index in [9.17, 15) is 0 Å². The van der Waals surface area contributed by atoms with Crippen LogP contribution in [0.1, 0.15) is 42.7 Å². The van der Waals surface area contributed by atoms with Crippen molar-refractivity contribution in [2.24, 2.45) is 0 Å². The van der Waals surface area contributed by atoms with Crippen molar-refractivity contribution in [1.82, 2.24) is 19.8 Å². The Labute approximate surface area is 165 Å². The molecule has 0 amide bonds. The third-order valence-corrected chi connectivity index (χ3v) is 6.70. The van der Waals surface area contributed by atoms with Crippen molar-refractivity contribution in [3.63, 3.8) is 0 Å². The normalized spacial score (nSPS) is 23.7. The lowest BCUT2D eigenvalue weighted by Gasteiger charge is -2.47. The molecule has 7 heteroatoms. The van der Waals surface area contributed by atoms with Gasteiger partial charge in [-0.15, -0.1) is 0 Å². The molecule has 0 saturated carbocycles. The zero-order valence-corrected chi connectivity index (χ0v) is 16.3. The van der Waals surface area contributed by atoms with Crippen molar-refractivity contribution in [3.05, 3.63) is 41.6 Å². The lowest BCUT2D eigenvalue weighted by molar-refractivity contribution is -0.108. The summed E-state index contributed by atoms with van der Waals surface area (Å²) < 4.78 is 11.8. The molecule has 0 atom stereocenters. The Kier molecular flexibility index (Phi) is 4.82. The van der Waals surface area contributed by atoms with Crippen molar-refractivity contribution in [2.45, 2.75) is 50.3 Å². The number of nitrogens with zero attached hydrogens (tertiary/aromatic N) is 4. The molecule has 2 fully saturated rings. The summed E-state index contributed by atoms with van der Waals surface area (Å²) in [5.74, 6) is 1.42. The highest BCUT2D eigenvalue weighted by molar-refractivity contribution is 5.32. The third kappa shape index (κ3) is 3.43. The molecule has 5 rings (SSSR count). The van der Waals surface area contributed by atoms with Crippen LogP contribution in [0.2, 0.25) is 0 Å². The number of nitrogens with two attached hydrogens (primary N) is 1. The van der Waals surface area contributed by atoms with E-state index in [2.05, 4.69) is 25.8 Å². The molecule has 3 aliphatic rings. The van der Waals surface area contributed by atoms with Gasteiger partial charge in [0.2, 0.25) is 5.95 Å². The van der Waals surface area contributed by atoms with Gasteiger partial charge < -0.3 is 19.8 Å². The van der Waals surface area contributed by atoms with Crippen LogP contribution in [0.15, 0.2) is 29.0 Å². The zero-order chi connectivity index (χ0) is 19.0. The molecule has 0 bridgehead atoms. The summed E-state index contributed by atoms with van der Waals surface area (Å²) in [5, 5.41) is 0. The highest BCUT2D eigenvalue weighted by Crippen LogP contribution is 2.41. The molecule has 28 heavy (non-hydrogen) atoms. The van der Waals surface area contributed by atoms with E-state index in [-0.39, 0.29) is 5.60 Å². The van der Waals surface area contributed by atoms with Gasteiger partial charge >= 0.3 is 0 Å². The van der Waals surface area contributed by atoms with Crippen molar-refractivity contribution in [1.29, 1.82) is 0 Å². The van der Waals surface area contributed by atoms with E-state index in [0.29, 0.717) is 12.0 Å². The number of anilines is 1. The highest BCUT2D eigenvalue weighted by atomic mass is 16.5. The van der Waals surface area contributed by atoms with E-state index in [1.165, 1.54) is 18.4 Å². The van der Waals surface area contributed by atoms with Crippen LogP contribution in [0.4, 0.5) is 5.95 Å². The fourth-order valence-electron chi connectivity index (χ4n) is 5.12. The number of ether oxygens (including phenoxy) is 1. The second-order valence-corrected chi connectivity index (χ2v) is 8.32. The smallest absolute Gasteiger partial charge is 0.220 e. The molecule has 5 heterocycles. The molecule has 2 aromatic heterocycles. The van der Waals surface area contributed by atoms with Gasteiger partial charge in [0.25, 0.3) is 0 Å². The van der Waals surface area contributed by atoms with Crippen molar-refractivity contribution in [2.75, 3.05) is 38.5 Å². The average Bonchev–Trinajstić information content (AvgIpc) is 3.23. The Bertz CT molecular complexity index is 793. The minimum atomic E-state index is -0.263. The first-order valence-corrected chi connectivity index (χ1v) is 10.5. The van der Waals surface area contributed by atoms with Gasteiger partial charge in [-0.25, -0.2) is 9.97 Å². The summed E-state index contributed by atoms with van der Waals surface area (Å²) in [5.41, 5.74) is 7.86. The summed E-state index contributed by atoms with van der Waals surface area (Å²) in [4.78, 5) is 13.9. The zero-order valence-electron chi connectivity index (χ0n) is 16.3. The van der Waals surface area contributed by atoms with E-state index in [4.69, 9.17) is 14.9 Å². The first kappa shape index (κ1) is 18.1. The summed E-state index contributed by atoms with van der Waals surface area (Å²) in [6.45, 7) is 6.07. The summed E-state index contributed by atoms with van der Waals surface area (Å²) in [7, 11) is 0. The van der Waals surface area contributed by atoms with Crippen molar-refractivity contribution in [3.8, 4) is 0 Å². The van der Waals surface area contributed by atoms with Gasteiger partial charge in [0.1, 0.15) is 11.4 Å². The van der Waals surface area contributed by atoms with Crippen LogP contribution in [0, 0.1) is 0 Å². The first-order valence-electron chi connectivity index (χ1n) is 10.5. The summed E-state index contributed by atoms with van der Waals surface area (Å²) >= 11 is 0. The monoisotopic (exact) mass is 383 g/mol. The molecule has 2 N–H and O–H groups in total. The van der Waals surface area contributed by atoms with Gasteiger partial charge in [0.05, 0.1) is 25.1 Å². The van der Waals surface area contributed by atoms with Gasteiger partial charge in [0, 0.05) is 38.4 Å². The Balaban J connectivity index is 1.19. The molecule has 150 valence electrons. The predicted octanol–water partition coefficient (Wildman–Crippen LogP) is 2.18. The lowest BCUT2D eigenvalue weighted by atomic mass is 9.82. The first-order chi connectivity index (χ1) is 13.7. The number of nitrogen functional groups attached to an aromatic ring is 1. The number of fused-ring (bicyclic) bond motifs is 2. The number of likely N-dealkylation sites (tertiary alicyclic amines) is 2. The second-order valence-electron chi connectivity index (χ2n) is 8.32. The fraction of sp³-hybridized carbons (Fsp3) is 0.619. The van der Waals surface area contributed by atoms with Gasteiger partial charge in [0.15, 0.2) is 0 Å². The van der Waals surface area contributed by atoms with Gasteiger partial charge in [-0.1, -0.05) is 0 Å². The molecule has 0 aliphatic carbocycles. The van der Waals surface area contributed by atoms with E-state index in [0.717, 1.165) is 70.0 Å². The quantitative estimate of drug-likeness (QED) is 0.870. The number of aromatic nitrogens is 2. The summed E-state index contributed by atoms with van der Waals surface area (Å²) in [6, 6.07) is 4.70. The SMILES string of the molecule is Nc1ncc2c(n1)C1(CCN(C3CCN(Cc4ccco4)CC3)CC1)OCC2. The Hall–Kier alpha value is -1.96. The lowest BCUT2D eigenvalue weighted by Crippen LogP contribution is -2.52. The van der Waals surface area contributed by atoms with Crippen molar-refractivity contribution >= 4 is 5.95 Å². The van der Waals surface area contributed by atoms with Crippen LogP contribution in [-0.4, -0.2) is 58.6 Å². The van der Waals surface area contributed by atoms with Crippen LogP contribution in [0.25, 0.3) is 0 Å². The van der Waals surface area contributed by atoms with E-state index < -0.39 is 0 Å². The number of hydrogen-bond donors (Lipinski definition) is 1. The minimum Gasteiger partial charge on any atom is -0.468 e. The highest BCUT2D eigenvalue weighted by Gasteiger charge is 2.43. The molecule has 7 nitrogen and oxygen atoms in total.